The molecule has 1 atom stereocenters. The van der Waals surface area contributed by atoms with Gasteiger partial charge >= 0.3 is 0 Å². The Balaban J connectivity index is 1.83. The van der Waals surface area contributed by atoms with Crippen molar-refractivity contribution in [1.82, 2.24) is 9.38 Å². The number of hydrogen-bond donors (Lipinski definition) is 1. The van der Waals surface area contributed by atoms with E-state index >= 15 is 0 Å². The molecular weight excluding hydrogens is 314 g/mol. The summed E-state index contributed by atoms with van der Waals surface area (Å²) in [5, 5.41) is 0. The van der Waals surface area contributed by atoms with Crippen molar-refractivity contribution in [3.05, 3.63) is 46.1 Å². The van der Waals surface area contributed by atoms with Crippen LogP contribution in [-0.2, 0) is 19.4 Å². The fourth-order valence-corrected chi connectivity index (χ4v) is 5.08. The molecule has 0 saturated carbocycles. The normalized spacial score (nSPS) is 17.6. The van der Waals surface area contributed by atoms with Crippen molar-refractivity contribution in [2.24, 2.45) is 11.7 Å². The Morgan fingerprint density at radius 1 is 1.29 bits per heavy atom. The van der Waals surface area contributed by atoms with Crippen molar-refractivity contribution in [1.29, 1.82) is 0 Å². The molecule has 0 radical (unpaired) electrons. The summed E-state index contributed by atoms with van der Waals surface area (Å²) >= 11 is 1.85. The molecule has 2 N–H and O–H groups in total. The Kier molecular flexibility index (Phi) is 3.97. The molecule has 0 amide bonds. The highest BCUT2D eigenvalue weighted by molar-refractivity contribution is 7.17. The number of hydrogen-bond acceptors (Lipinski definition) is 3. The molecule has 0 fully saturated rings. The molecule has 1 aromatic carbocycles. The lowest BCUT2D eigenvalue weighted by Crippen LogP contribution is -2.13. The van der Waals surface area contributed by atoms with Gasteiger partial charge in [0.2, 0.25) is 0 Å². The summed E-state index contributed by atoms with van der Waals surface area (Å²) in [5.74, 6) is 1.33. The Morgan fingerprint density at radius 3 is 2.71 bits per heavy atom. The molecule has 0 bridgehead atoms. The van der Waals surface area contributed by atoms with Crippen LogP contribution in [0, 0.1) is 5.92 Å². The van der Waals surface area contributed by atoms with Gasteiger partial charge in [-0.25, -0.2) is 4.98 Å². The SMILES string of the molecule is CC1CCc2c(sc3nc(-c4ccc(C(C)C)cc4)c(CN)n23)C1. The first kappa shape index (κ1) is 15.9. The fraction of sp³-hybridized carbons (Fsp3) is 0.450. The molecule has 1 aliphatic rings. The molecule has 0 aliphatic heterocycles. The third-order valence-electron chi connectivity index (χ3n) is 5.20. The van der Waals surface area contributed by atoms with Crippen molar-refractivity contribution < 1.29 is 0 Å². The highest BCUT2D eigenvalue weighted by Gasteiger charge is 2.24. The average Bonchev–Trinajstić information content (AvgIpc) is 3.09. The Bertz CT molecular complexity index is 871. The van der Waals surface area contributed by atoms with Gasteiger partial charge in [-0.05, 0) is 36.7 Å². The molecule has 2 aromatic heterocycles. The minimum absolute atomic E-state index is 0.529. The minimum atomic E-state index is 0.529. The number of fused-ring (bicyclic) bond motifs is 3. The Labute approximate surface area is 147 Å². The highest BCUT2D eigenvalue weighted by atomic mass is 32.1. The van der Waals surface area contributed by atoms with Crippen LogP contribution >= 0.6 is 11.3 Å². The van der Waals surface area contributed by atoms with Crippen molar-refractivity contribution in [2.75, 3.05) is 0 Å². The Morgan fingerprint density at radius 2 is 2.04 bits per heavy atom. The second-order valence-electron chi connectivity index (χ2n) is 7.33. The molecule has 0 saturated heterocycles. The molecule has 126 valence electrons. The first-order valence-electron chi connectivity index (χ1n) is 8.90. The van der Waals surface area contributed by atoms with Crippen molar-refractivity contribution in [2.45, 2.75) is 52.5 Å². The number of thiazole rings is 1. The van der Waals surface area contributed by atoms with Crippen molar-refractivity contribution in [3.63, 3.8) is 0 Å². The second kappa shape index (κ2) is 6.01. The van der Waals surface area contributed by atoms with E-state index in [4.69, 9.17) is 10.7 Å². The molecule has 2 heterocycles. The molecule has 0 spiro atoms. The third kappa shape index (κ3) is 2.49. The average molecular weight is 340 g/mol. The first-order chi connectivity index (χ1) is 11.6. The zero-order valence-corrected chi connectivity index (χ0v) is 15.5. The predicted molar refractivity (Wildman–Crippen MR) is 102 cm³/mol. The van der Waals surface area contributed by atoms with E-state index in [0.717, 1.165) is 28.7 Å². The van der Waals surface area contributed by atoms with Gasteiger partial charge in [-0.15, -0.1) is 11.3 Å². The summed E-state index contributed by atoms with van der Waals surface area (Å²) in [5.41, 5.74) is 12.3. The number of aryl methyl sites for hydroxylation is 1. The predicted octanol–water partition coefficient (Wildman–Crippen LogP) is 4.77. The topological polar surface area (TPSA) is 43.3 Å². The van der Waals surface area contributed by atoms with Gasteiger partial charge in [0.15, 0.2) is 4.96 Å². The molecular formula is C20H25N3S. The maximum Gasteiger partial charge on any atom is 0.194 e. The molecule has 1 aliphatic carbocycles. The summed E-state index contributed by atoms with van der Waals surface area (Å²) in [4.78, 5) is 7.58. The largest absolute Gasteiger partial charge is 0.325 e. The molecule has 24 heavy (non-hydrogen) atoms. The lowest BCUT2D eigenvalue weighted by Gasteiger charge is -2.18. The smallest absolute Gasteiger partial charge is 0.194 e. The summed E-state index contributed by atoms with van der Waals surface area (Å²) in [6.45, 7) is 7.32. The maximum absolute atomic E-state index is 6.14. The lowest BCUT2D eigenvalue weighted by atomic mass is 9.93. The number of nitrogens with zero attached hydrogens (tertiary/aromatic N) is 2. The van der Waals surface area contributed by atoms with E-state index in [1.54, 1.807) is 0 Å². The van der Waals surface area contributed by atoms with E-state index in [9.17, 15) is 0 Å². The standard InChI is InChI=1S/C20H25N3S/c1-12(2)14-5-7-15(8-6-14)19-17(11-21)23-16-9-4-13(3)10-18(16)24-20(23)22-19/h5-8,12-13H,4,9-11,21H2,1-3H3. The van der Waals surface area contributed by atoms with Crippen LogP contribution in [0.15, 0.2) is 24.3 Å². The maximum atomic E-state index is 6.14. The van der Waals surface area contributed by atoms with Gasteiger partial charge in [-0.1, -0.05) is 45.0 Å². The van der Waals surface area contributed by atoms with Crippen LogP contribution in [0.4, 0.5) is 0 Å². The van der Waals surface area contributed by atoms with Gasteiger partial charge in [0.1, 0.15) is 0 Å². The van der Waals surface area contributed by atoms with Crippen LogP contribution in [0.3, 0.4) is 0 Å². The van der Waals surface area contributed by atoms with E-state index in [1.165, 1.54) is 34.5 Å². The van der Waals surface area contributed by atoms with E-state index in [1.807, 2.05) is 11.3 Å². The van der Waals surface area contributed by atoms with Crippen LogP contribution in [0.1, 0.15) is 54.9 Å². The number of nitrogens with two attached hydrogens (primary N) is 1. The van der Waals surface area contributed by atoms with Gasteiger partial charge in [0.25, 0.3) is 0 Å². The van der Waals surface area contributed by atoms with Crippen LogP contribution in [0.25, 0.3) is 16.2 Å². The summed E-state index contributed by atoms with van der Waals surface area (Å²) in [6, 6.07) is 8.81. The van der Waals surface area contributed by atoms with Crippen LogP contribution < -0.4 is 5.73 Å². The van der Waals surface area contributed by atoms with Gasteiger partial charge in [-0.2, -0.15) is 0 Å². The zero-order valence-electron chi connectivity index (χ0n) is 14.7. The van der Waals surface area contributed by atoms with Gasteiger partial charge < -0.3 is 5.73 Å². The second-order valence-corrected chi connectivity index (χ2v) is 8.39. The fourth-order valence-electron chi connectivity index (χ4n) is 3.73. The summed E-state index contributed by atoms with van der Waals surface area (Å²) in [7, 11) is 0. The molecule has 3 nitrogen and oxygen atoms in total. The van der Waals surface area contributed by atoms with Crippen LogP contribution in [0.2, 0.25) is 0 Å². The van der Waals surface area contributed by atoms with Crippen molar-refractivity contribution in [3.8, 4) is 11.3 Å². The number of rotatable bonds is 3. The highest BCUT2D eigenvalue weighted by Crippen LogP contribution is 2.36. The number of aromatic nitrogens is 2. The van der Waals surface area contributed by atoms with E-state index in [2.05, 4.69) is 49.4 Å². The zero-order chi connectivity index (χ0) is 16.8. The van der Waals surface area contributed by atoms with E-state index in [-0.39, 0.29) is 0 Å². The monoisotopic (exact) mass is 339 g/mol. The lowest BCUT2D eigenvalue weighted by molar-refractivity contribution is 0.498. The van der Waals surface area contributed by atoms with Crippen molar-refractivity contribution >= 4 is 16.3 Å². The molecule has 3 aromatic rings. The van der Waals surface area contributed by atoms with Crippen LogP contribution in [0.5, 0.6) is 0 Å². The van der Waals surface area contributed by atoms with E-state index < -0.39 is 0 Å². The Hall–Kier alpha value is -1.65. The quantitative estimate of drug-likeness (QED) is 0.747. The van der Waals surface area contributed by atoms with Gasteiger partial charge in [0, 0.05) is 22.7 Å². The first-order valence-corrected chi connectivity index (χ1v) is 9.72. The summed E-state index contributed by atoms with van der Waals surface area (Å²) in [6.07, 6.45) is 3.59. The minimum Gasteiger partial charge on any atom is -0.325 e. The molecule has 1 unspecified atom stereocenters. The number of benzene rings is 1. The van der Waals surface area contributed by atoms with Crippen LogP contribution in [-0.4, -0.2) is 9.38 Å². The van der Waals surface area contributed by atoms with E-state index in [0.29, 0.717) is 12.5 Å². The molecule has 4 heteroatoms. The van der Waals surface area contributed by atoms with Gasteiger partial charge in [-0.3, -0.25) is 4.40 Å². The number of imidazole rings is 1. The third-order valence-corrected chi connectivity index (χ3v) is 6.31. The molecule has 4 rings (SSSR count). The van der Waals surface area contributed by atoms with Gasteiger partial charge in [0.05, 0.1) is 11.4 Å². The summed E-state index contributed by atoms with van der Waals surface area (Å²) < 4.78 is 2.34.